The van der Waals surface area contributed by atoms with Gasteiger partial charge in [-0.15, -0.1) is 0 Å². The predicted octanol–water partition coefficient (Wildman–Crippen LogP) is 2.54. The molecule has 1 aromatic carbocycles. The van der Waals surface area contributed by atoms with Gasteiger partial charge in [0.1, 0.15) is 11.6 Å². The SMILES string of the molecule is Cc1nccc(N(Cc2cccc(N)c2)C2CC2)n1. The third kappa shape index (κ3) is 2.84. The molecule has 1 heterocycles. The number of rotatable bonds is 4. The van der Waals surface area contributed by atoms with Crippen molar-refractivity contribution in [1.82, 2.24) is 9.97 Å². The van der Waals surface area contributed by atoms with E-state index in [4.69, 9.17) is 5.73 Å². The first kappa shape index (κ1) is 12.0. The van der Waals surface area contributed by atoms with Crippen LogP contribution in [0.3, 0.4) is 0 Å². The molecule has 2 aromatic rings. The van der Waals surface area contributed by atoms with Gasteiger partial charge in [-0.25, -0.2) is 9.97 Å². The molecule has 0 aliphatic heterocycles. The van der Waals surface area contributed by atoms with E-state index in [1.807, 2.05) is 37.4 Å². The van der Waals surface area contributed by atoms with Gasteiger partial charge >= 0.3 is 0 Å². The van der Waals surface area contributed by atoms with Gasteiger partial charge in [0.25, 0.3) is 0 Å². The van der Waals surface area contributed by atoms with Crippen molar-refractivity contribution in [3.05, 3.63) is 47.9 Å². The molecule has 0 unspecified atom stereocenters. The molecule has 2 N–H and O–H groups in total. The topological polar surface area (TPSA) is 55.0 Å². The minimum atomic E-state index is 0.607. The van der Waals surface area contributed by atoms with Crippen LogP contribution in [0.5, 0.6) is 0 Å². The third-order valence-electron chi connectivity index (χ3n) is 3.35. The van der Waals surface area contributed by atoms with Gasteiger partial charge in [-0.2, -0.15) is 0 Å². The highest BCUT2D eigenvalue weighted by molar-refractivity contribution is 5.45. The molecule has 0 radical (unpaired) electrons. The molecule has 0 atom stereocenters. The van der Waals surface area contributed by atoms with Crippen molar-refractivity contribution >= 4 is 11.5 Å². The highest BCUT2D eigenvalue weighted by Crippen LogP contribution is 2.32. The fourth-order valence-electron chi connectivity index (χ4n) is 2.28. The largest absolute Gasteiger partial charge is 0.399 e. The molecule has 1 fully saturated rings. The van der Waals surface area contributed by atoms with Gasteiger partial charge in [-0.3, -0.25) is 0 Å². The molecular weight excluding hydrogens is 236 g/mol. The summed E-state index contributed by atoms with van der Waals surface area (Å²) in [6, 6.07) is 10.7. The summed E-state index contributed by atoms with van der Waals surface area (Å²) in [5.74, 6) is 1.83. The second kappa shape index (κ2) is 4.88. The van der Waals surface area contributed by atoms with Gasteiger partial charge in [0.15, 0.2) is 0 Å². The lowest BCUT2D eigenvalue weighted by Crippen LogP contribution is -2.26. The number of hydrogen-bond donors (Lipinski definition) is 1. The quantitative estimate of drug-likeness (QED) is 0.852. The average Bonchev–Trinajstić information content (AvgIpc) is 3.20. The Labute approximate surface area is 113 Å². The fraction of sp³-hybridized carbons (Fsp3) is 0.333. The molecule has 19 heavy (non-hydrogen) atoms. The van der Waals surface area contributed by atoms with E-state index in [9.17, 15) is 0 Å². The Kier molecular flexibility index (Phi) is 3.07. The van der Waals surface area contributed by atoms with Crippen LogP contribution in [0, 0.1) is 6.92 Å². The van der Waals surface area contributed by atoms with E-state index in [1.54, 1.807) is 0 Å². The molecule has 0 spiro atoms. The lowest BCUT2D eigenvalue weighted by atomic mass is 10.2. The maximum Gasteiger partial charge on any atom is 0.132 e. The standard InChI is InChI=1S/C15H18N4/c1-11-17-8-7-15(18-11)19(14-5-6-14)10-12-3-2-4-13(16)9-12/h2-4,7-9,14H,5-6,10,16H2,1H3. The predicted molar refractivity (Wildman–Crippen MR) is 76.8 cm³/mol. The van der Waals surface area contributed by atoms with Crippen LogP contribution in [0.2, 0.25) is 0 Å². The summed E-state index contributed by atoms with van der Waals surface area (Å²) in [5.41, 5.74) is 7.88. The van der Waals surface area contributed by atoms with E-state index in [0.717, 1.165) is 23.9 Å². The Bertz CT molecular complexity index is 578. The highest BCUT2D eigenvalue weighted by Gasteiger charge is 2.30. The second-order valence-corrected chi connectivity index (χ2v) is 5.07. The zero-order valence-electron chi connectivity index (χ0n) is 11.1. The Hall–Kier alpha value is -2.10. The average molecular weight is 254 g/mol. The van der Waals surface area contributed by atoms with Gasteiger partial charge in [0.05, 0.1) is 0 Å². The summed E-state index contributed by atoms with van der Waals surface area (Å²) >= 11 is 0. The van der Waals surface area contributed by atoms with Crippen molar-refractivity contribution in [3.63, 3.8) is 0 Å². The smallest absolute Gasteiger partial charge is 0.132 e. The van der Waals surface area contributed by atoms with Gasteiger partial charge in [-0.1, -0.05) is 12.1 Å². The van der Waals surface area contributed by atoms with Crippen LogP contribution < -0.4 is 10.6 Å². The molecule has 0 saturated heterocycles. The van der Waals surface area contributed by atoms with E-state index in [0.29, 0.717) is 6.04 Å². The summed E-state index contributed by atoms with van der Waals surface area (Å²) in [6.45, 7) is 2.78. The van der Waals surface area contributed by atoms with E-state index < -0.39 is 0 Å². The number of hydrogen-bond acceptors (Lipinski definition) is 4. The van der Waals surface area contributed by atoms with Crippen LogP contribution in [0.25, 0.3) is 0 Å². The van der Waals surface area contributed by atoms with E-state index in [2.05, 4.69) is 20.9 Å². The first-order valence-electron chi connectivity index (χ1n) is 6.63. The van der Waals surface area contributed by atoms with Crippen LogP contribution in [0.15, 0.2) is 36.5 Å². The summed E-state index contributed by atoms with van der Waals surface area (Å²) in [5, 5.41) is 0. The number of aromatic nitrogens is 2. The zero-order chi connectivity index (χ0) is 13.2. The molecular formula is C15H18N4. The number of nitrogens with two attached hydrogens (primary N) is 1. The summed E-state index contributed by atoms with van der Waals surface area (Å²) in [6.07, 6.45) is 4.31. The van der Waals surface area contributed by atoms with Crippen molar-refractivity contribution in [3.8, 4) is 0 Å². The molecule has 1 aliphatic rings. The van der Waals surface area contributed by atoms with Crippen LogP contribution in [0.1, 0.15) is 24.2 Å². The Morgan fingerprint density at radius 2 is 2.16 bits per heavy atom. The number of benzene rings is 1. The minimum absolute atomic E-state index is 0.607. The molecule has 1 aliphatic carbocycles. The third-order valence-corrected chi connectivity index (χ3v) is 3.35. The van der Waals surface area contributed by atoms with Crippen LogP contribution in [0.4, 0.5) is 11.5 Å². The lowest BCUT2D eigenvalue weighted by Gasteiger charge is -2.23. The van der Waals surface area contributed by atoms with E-state index in [1.165, 1.54) is 18.4 Å². The monoisotopic (exact) mass is 254 g/mol. The zero-order valence-corrected chi connectivity index (χ0v) is 11.1. The van der Waals surface area contributed by atoms with Crippen molar-refractivity contribution in [2.24, 2.45) is 0 Å². The second-order valence-electron chi connectivity index (χ2n) is 5.07. The van der Waals surface area contributed by atoms with Crippen molar-refractivity contribution in [2.45, 2.75) is 32.4 Å². The normalized spacial score (nSPS) is 14.4. The van der Waals surface area contributed by atoms with E-state index >= 15 is 0 Å². The summed E-state index contributed by atoms with van der Waals surface area (Å²) in [4.78, 5) is 11.1. The van der Waals surface area contributed by atoms with Gasteiger partial charge in [0.2, 0.25) is 0 Å². The molecule has 98 valence electrons. The first-order valence-corrected chi connectivity index (χ1v) is 6.63. The van der Waals surface area contributed by atoms with Gasteiger partial charge in [-0.05, 0) is 43.5 Å². The van der Waals surface area contributed by atoms with E-state index in [-0.39, 0.29) is 0 Å². The first-order chi connectivity index (χ1) is 9.22. The molecule has 4 heteroatoms. The molecule has 1 saturated carbocycles. The lowest BCUT2D eigenvalue weighted by molar-refractivity contribution is 0.771. The van der Waals surface area contributed by atoms with Crippen molar-refractivity contribution in [2.75, 3.05) is 10.6 Å². The number of nitrogens with zero attached hydrogens (tertiary/aromatic N) is 3. The summed E-state index contributed by atoms with van der Waals surface area (Å²) in [7, 11) is 0. The van der Waals surface area contributed by atoms with Crippen molar-refractivity contribution < 1.29 is 0 Å². The molecule has 1 aromatic heterocycles. The fourth-order valence-corrected chi connectivity index (χ4v) is 2.28. The highest BCUT2D eigenvalue weighted by atomic mass is 15.2. The van der Waals surface area contributed by atoms with Crippen LogP contribution in [-0.4, -0.2) is 16.0 Å². The Balaban J connectivity index is 1.86. The Morgan fingerprint density at radius 1 is 1.32 bits per heavy atom. The molecule has 0 amide bonds. The molecule has 3 rings (SSSR count). The van der Waals surface area contributed by atoms with Crippen LogP contribution in [-0.2, 0) is 6.54 Å². The maximum atomic E-state index is 5.84. The maximum absolute atomic E-state index is 5.84. The molecule has 0 bridgehead atoms. The van der Waals surface area contributed by atoms with Gasteiger partial charge < -0.3 is 10.6 Å². The summed E-state index contributed by atoms with van der Waals surface area (Å²) < 4.78 is 0. The minimum Gasteiger partial charge on any atom is -0.399 e. The number of aryl methyl sites for hydroxylation is 1. The van der Waals surface area contributed by atoms with Crippen LogP contribution >= 0.6 is 0 Å². The Morgan fingerprint density at radius 3 is 2.84 bits per heavy atom. The van der Waals surface area contributed by atoms with Gasteiger partial charge in [0, 0.05) is 24.5 Å². The van der Waals surface area contributed by atoms with Crippen molar-refractivity contribution in [1.29, 1.82) is 0 Å². The molecule has 4 nitrogen and oxygen atoms in total. The number of anilines is 2. The number of nitrogen functional groups attached to an aromatic ring is 1.